The van der Waals surface area contributed by atoms with Crippen molar-refractivity contribution < 1.29 is 9.26 Å². The fourth-order valence-corrected chi connectivity index (χ4v) is 1.82. The van der Waals surface area contributed by atoms with Gasteiger partial charge in [-0.3, -0.25) is 9.55 Å². The molecule has 3 heterocycles. The SMILES string of the molecule is C[C@@H](Oc1nnc(-c2ccncc2)n1C)c1ccon1. The van der Waals surface area contributed by atoms with Crippen LogP contribution in [0.25, 0.3) is 11.4 Å². The maximum atomic E-state index is 5.74. The van der Waals surface area contributed by atoms with Gasteiger partial charge in [0, 0.05) is 31.1 Å². The van der Waals surface area contributed by atoms with Crippen LogP contribution in [0.5, 0.6) is 6.01 Å². The summed E-state index contributed by atoms with van der Waals surface area (Å²) in [5.41, 5.74) is 1.64. The molecule has 0 aliphatic carbocycles. The van der Waals surface area contributed by atoms with Crippen LogP contribution in [0, 0.1) is 0 Å². The number of pyridine rings is 1. The van der Waals surface area contributed by atoms with E-state index in [0.717, 1.165) is 11.4 Å². The Morgan fingerprint density at radius 2 is 2.00 bits per heavy atom. The molecule has 102 valence electrons. The molecule has 0 fully saturated rings. The molecule has 1 atom stereocenters. The second-order valence-corrected chi connectivity index (χ2v) is 4.29. The van der Waals surface area contributed by atoms with Gasteiger partial charge < -0.3 is 9.26 Å². The minimum absolute atomic E-state index is 0.262. The second-order valence-electron chi connectivity index (χ2n) is 4.29. The van der Waals surface area contributed by atoms with Crippen LogP contribution in [0.3, 0.4) is 0 Å². The predicted molar refractivity (Wildman–Crippen MR) is 69.8 cm³/mol. The molecule has 3 aromatic heterocycles. The van der Waals surface area contributed by atoms with E-state index in [1.54, 1.807) is 23.0 Å². The molecular weight excluding hydrogens is 258 g/mol. The van der Waals surface area contributed by atoms with Crippen molar-refractivity contribution in [3.63, 3.8) is 0 Å². The maximum absolute atomic E-state index is 5.74. The highest BCUT2D eigenvalue weighted by molar-refractivity contribution is 5.54. The quantitative estimate of drug-likeness (QED) is 0.722. The minimum Gasteiger partial charge on any atom is -0.454 e. The number of aromatic nitrogens is 5. The van der Waals surface area contributed by atoms with Gasteiger partial charge in [-0.15, -0.1) is 5.10 Å². The summed E-state index contributed by atoms with van der Waals surface area (Å²) >= 11 is 0. The zero-order valence-electron chi connectivity index (χ0n) is 11.1. The summed E-state index contributed by atoms with van der Waals surface area (Å²) < 4.78 is 12.3. The Bertz CT molecular complexity index is 678. The molecule has 0 saturated carbocycles. The Balaban J connectivity index is 1.84. The van der Waals surface area contributed by atoms with E-state index < -0.39 is 0 Å². The van der Waals surface area contributed by atoms with E-state index in [4.69, 9.17) is 9.26 Å². The summed E-state index contributed by atoms with van der Waals surface area (Å²) in [4.78, 5) is 3.98. The number of nitrogens with zero attached hydrogens (tertiary/aromatic N) is 5. The lowest BCUT2D eigenvalue weighted by Gasteiger charge is -2.10. The maximum Gasteiger partial charge on any atom is 0.317 e. The average molecular weight is 271 g/mol. The van der Waals surface area contributed by atoms with Crippen LogP contribution in [0.2, 0.25) is 0 Å². The lowest BCUT2D eigenvalue weighted by molar-refractivity contribution is 0.190. The Labute approximate surface area is 115 Å². The van der Waals surface area contributed by atoms with Crippen molar-refractivity contribution in [2.24, 2.45) is 7.05 Å². The molecule has 0 aromatic carbocycles. The lowest BCUT2D eigenvalue weighted by atomic mass is 10.2. The molecule has 0 aliphatic rings. The minimum atomic E-state index is -0.262. The van der Waals surface area contributed by atoms with Crippen molar-refractivity contribution in [3.8, 4) is 17.4 Å². The van der Waals surface area contributed by atoms with Crippen LogP contribution in [0.15, 0.2) is 41.4 Å². The number of hydrogen-bond donors (Lipinski definition) is 0. The first-order chi connectivity index (χ1) is 9.75. The molecule has 7 nitrogen and oxygen atoms in total. The fourth-order valence-electron chi connectivity index (χ4n) is 1.82. The average Bonchev–Trinajstić information content (AvgIpc) is 3.11. The zero-order chi connectivity index (χ0) is 13.9. The standard InChI is InChI=1S/C13H13N5O2/c1-9(11-5-8-19-17-11)20-13-16-15-12(18(13)2)10-3-6-14-7-4-10/h3-9H,1-2H3/t9-/m1/s1. The van der Waals surface area contributed by atoms with E-state index in [0.29, 0.717) is 11.7 Å². The molecule has 3 aromatic rings. The Hall–Kier alpha value is -2.70. The van der Waals surface area contributed by atoms with Crippen molar-refractivity contribution in [2.45, 2.75) is 13.0 Å². The van der Waals surface area contributed by atoms with Crippen molar-refractivity contribution in [3.05, 3.63) is 42.5 Å². The van der Waals surface area contributed by atoms with Crippen LogP contribution in [0.4, 0.5) is 0 Å². The highest BCUT2D eigenvalue weighted by Gasteiger charge is 2.16. The zero-order valence-corrected chi connectivity index (χ0v) is 11.1. The fraction of sp³-hybridized carbons (Fsp3) is 0.231. The number of ether oxygens (including phenoxy) is 1. The predicted octanol–water partition coefficient (Wildman–Crippen LogP) is 2.01. The van der Waals surface area contributed by atoms with Gasteiger partial charge in [-0.1, -0.05) is 10.3 Å². The van der Waals surface area contributed by atoms with E-state index >= 15 is 0 Å². The second kappa shape index (κ2) is 5.12. The molecular formula is C13H13N5O2. The third-order valence-electron chi connectivity index (χ3n) is 2.93. The van der Waals surface area contributed by atoms with E-state index in [1.165, 1.54) is 6.26 Å². The Morgan fingerprint density at radius 3 is 2.70 bits per heavy atom. The third-order valence-corrected chi connectivity index (χ3v) is 2.93. The molecule has 20 heavy (non-hydrogen) atoms. The summed E-state index contributed by atoms with van der Waals surface area (Å²) in [5.74, 6) is 0.717. The van der Waals surface area contributed by atoms with Crippen LogP contribution >= 0.6 is 0 Å². The van der Waals surface area contributed by atoms with E-state index in [-0.39, 0.29) is 6.10 Å². The monoisotopic (exact) mass is 271 g/mol. The molecule has 0 bridgehead atoms. The van der Waals surface area contributed by atoms with Crippen LogP contribution in [-0.2, 0) is 7.05 Å². The number of hydrogen-bond acceptors (Lipinski definition) is 6. The molecule has 0 unspecified atom stereocenters. The normalized spacial score (nSPS) is 12.3. The molecule has 0 aliphatic heterocycles. The van der Waals surface area contributed by atoms with E-state index in [9.17, 15) is 0 Å². The van der Waals surface area contributed by atoms with Gasteiger partial charge in [0.2, 0.25) is 0 Å². The lowest BCUT2D eigenvalue weighted by Crippen LogP contribution is -2.07. The van der Waals surface area contributed by atoms with Gasteiger partial charge >= 0.3 is 6.01 Å². The first-order valence-electron chi connectivity index (χ1n) is 6.12. The summed E-state index contributed by atoms with van der Waals surface area (Å²) in [6, 6.07) is 5.92. The smallest absolute Gasteiger partial charge is 0.317 e. The molecule has 0 amide bonds. The number of rotatable bonds is 4. The van der Waals surface area contributed by atoms with E-state index in [1.807, 2.05) is 26.1 Å². The Kier molecular flexibility index (Phi) is 3.16. The van der Waals surface area contributed by atoms with Crippen molar-refractivity contribution >= 4 is 0 Å². The van der Waals surface area contributed by atoms with E-state index in [2.05, 4.69) is 20.3 Å². The van der Waals surface area contributed by atoms with Gasteiger partial charge in [-0.25, -0.2) is 0 Å². The van der Waals surface area contributed by atoms with Gasteiger partial charge in [0.25, 0.3) is 0 Å². The Morgan fingerprint density at radius 1 is 1.20 bits per heavy atom. The summed E-state index contributed by atoms with van der Waals surface area (Å²) in [6.45, 7) is 1.87. The van der Waals surface area contributed by atoms with Gasteiger partial charge in [0.15, 0.2) is 5.82 Å². The van der Waals surface area contributed by atoms with Crippen LogP contribution in [0.1, 0.15) is 18.7 Å². The highest BCUT2D eigenvalue weighted by atomic mass is 16.5. The highest BCUT2D eigenvalue weighted by Crippen LogP contribution is 2.23. The summed E-state index contributed by atoms with van der Waals surface area (Å²) in [6.07, 6.45) is 4.67. The molecule has 0 saturated heterocycles. The van der Waals surface area contributed by atoms with Crippen molar-refractivity contribution in [1.82, 2.24) is 24.9 Å². The summed E-state index contributed by atoms with van der Waals surface area (Å²) in [7, 11) is 1.85. The largest absolute Gasteiger partial charge is 0.454 e. The van der Waals surface area contributed by atoms with Crippen LogP contribution < -0.4 is 4.74 Å². The molecule has 0 radical (unpaired) electrons. The van der Waals surface area contributed by atoms with Gasteiger partial charge in [-0.05, 0) is 19.1 Å². The van der Waals surface area contributed by atoms with Gasteiger partial charge in [-0.2, -0.15) is 0 Å². The van der Waals surface area contributed by atoms with Crippen LogP contribution in [-0.4, -0.2) is 24.9 Å². The third kappa shape index (κ3) is 2.25. The molecule has 0 spiro atoms. The van der Waals surface area contributed by atoms with Crippen molar-refractivity contribution in [2.75, 3.05) is 0 Å². The van der Waals surface area contributed by atoms with Gasteiger partial charge in [0.05, 0.1) is 0 Å². The summed E-state index contributed by atoms with van der Waals surface area (Å²) in [5, 5.41) is 12.0. The topological polar surface area (TPSA) is 78.9 Å². The molecule has 3 rings (SSSR count). The molecule has 7 heteroatoms. The molecule has 0 N–H and O–H groups in total. The van der Waals surface area contributed by atoms with Gasteiger partial charge in [0.1, 0.15) is 18.1 Å². The first kappa shape index (κ1) is 12.3. The van der Waals surface area contributed by atoms with Crippen molar-refractivity contribution in [1.29, 1.82) is 0 Å². The first-order valence-corrected chi connectivity index (χ1v) is 6.12.